The molecule has 0 saturated carbocycles. The third-order valence-corrected chi connectivity index (χ3v) is 7.38. The Morgan fingerprint density at radius 2 is 1.12 bits per heavy atom. The summed E-state index contributed by atoms with van der Waals surface area (Å²) in [4.78, 5) is 23.2. The van der Waals surface area contributed by atoms with Crippen molar-refractivity contribution in [2.75, 3.05) is 39.6 Å². The molecular weight excluding hydrogens is 667 g/mol. The van der Waals surface area contributed by atoms with Gasteiger partial charge in [0.15, 0.2) is 23.1 Å². The van der Waals surface area contributed by atoms with Gasteiger partial charge in [-0.1, -0.05) is 56.3 Å². The minimum absolute atomic E-state index is 0.0204. The summed E-state index contributed by atoms with van der Waals surface area (Å²) in [5.41, 5.74) is 2.86. The summed E-state index contributed by atoms with van der Waals surface area (Å²) < 4.78 is 88.3. The first-order valence-electron chi connectivity index (χ1n) is 15.8. The number of aliphatic hydroxyl groups excluding tert-OH is 2. The number of unbranched alkanes of at least 4 members (excludes halogenated alkanes) is 3. The predicted molar refractivity (Wildman–Crippen MR) is 175 cm³/mol. The van der Waals surface area contributed by atoms with Gasteiger partial charge in [0.2, 0.25) is 0 Å². The molecule has 0 spiro atoms. The molecule has 0 amide bonds. The Labute approximate surface area is 286 Å². The number of carbonyl (C=O) groups is 2. The zero-order valence-electron chi connectivity index (χ0n) is 27.3. The minimum atomic E-state index is -4.21. The number of aliphatic hydroxyl groups is 2. The Kier molecular flexibility index (Phi) is 15.4. The van der Waals surface area contributed by atoms with Crippen LogP contribution < -0.4 is 9.47 Å². The van der Waals surface area contributed by atoms with E-state index in [0.29, 0.717) is 47.9 Å². The first-order valence-corrected chi connectivity index (χ1v) is 15.8. The molecule has 3 aromatic rings. The van der Waals surface area contributed by atoms with E-state index in [1.54, 1.807) is 24.3 Å². The van der Waals surface area contributed by atoms with Crippen molar-refractivity contribution in [1.29, 1.82) is 0 Å². The molecule has 0 atom stereocenters. The monoisotopic (exact) mass is 706 g/mol. The number of carbonyl (C=O) groups excluding carboxylic acids is 2. The van der Waals surface area contributed by atoms with Crippen molar-refractivity contribution in [3.8, 4) is 33.8 Å². The van der Waals surface area contributed by atoms with Gasteiger partial charge in [-0.15, -0.1) is 0 Å². The molecule has 0 aromatic heterocycles. The van der Waals surface area contributed by atoms with Gasteiger partial charge in [-0.25, -0.2) is 18.4 Å². The van der Waals surface area contributed by atoms with E-state index >= 15 is 4.39 Å². The highest BCUT2D eigenvalue weighted by atomic mass is 19.4. The molecule has 0 fully saturated rings. The third kappa shape index (κ3) is 12.6. The van der Waals surface area contributed by atoms with Crippen LogP contribution >= 0.6 is 0 Å². The minimum Gasteiger partial charge on any atom is -0.487 e. The van der Waals surface area contributed by atoms with E-state index in [-0.39, 0.29) is 55.5 Å². The fourth-order valence-corrected chi connectivity index (χ4v) is 4.74. The highest BCUT2D eigenvalue weighted by Gasteiger charge is 2.25. The van der Waals surface area contributed by atoms with Crippen LogP contribution in [-0.2, 0) is 25.5 Å². The number of esters is 2. The van der Waals surface area contributed by atoms with E-state index in [1.807, 2.05) is 6.07 Å². The zero-order chi connectivity index (χ0) is 36.7. The summed E-state index contributed by atoms with van der Waals surface area (Å²) in [6.45, 7) is 4.93. The number of hydrogen-bond donors (Lipinski definition) is 2. The van der Waals surface area contributed by atoms with E-state index in [4.69, 9.17) is 29.2 Å². The van der Waals surface area contributed by atoms with Crippen LogP contribution in [0.3, 0.4) is 0 Å². The SMILES string of the molecule is C=C(CO)C(=O)OCCOc1ccc(-c2ccc(-c3ccc(OCCOC(=O)C(=C)CO)c(F)c3)c(CCCCCCC(F)(F)F)c2)cc1F. The second kappa shape index (κ2) is 19.4. The lowest BCUT2D eigenvalue weighted by Gasteiger charge is -2.15. The number of alkyl halides is 3. The Hall–Kier alpha value is -4.75. The lowest BCUT2D eigenvalue weighted by Crippen LogP contribution is -2.15. The van der Waals surface area contributed by atoms with Crippen LogP contribution in [0.5, 0.6) is 11.5 Å². The first-order chi connectivity index (χ1) is 23.8. The number of benzene rings is 3. The second-order valence-electron chi connectivity index (χ2n) is 11.2. The van der Waals surface area contributed by atoms with Crippen LogP contribution in [0.2, 0.25) is 0 Å². The van der Waals surface area contributed by atoms with Gasteiger partial charge in [0, 0.05) is 6.42 Å². The molecule has 0 aliphatic rings. The molecule has 0 unspecified atom stereocenters. The molecule has 0 saturated heterocycles. The Morgan fingerprint density at radius 3 is 1.64 bits per heavy atom. The molecule has 13 heteroatoms. The summed E-state index contributed by atoms with van der Waals surface area (Å²) in [6, 6.07) is 14.0. The average Bonchev–Trinajstić information content (AvgIpc) is 3.09. The topological polar surface area (TPSA) is 112 Å². The van der Waals surface area contributed by atoms with Gasteiger partial charge >= 0.3 is 18.1 Å². The Morgan fingerprint density at radius 1 is 0.640 bits per heavy atom. The smallest absolute Gasteiger partial charge is 0.389 e. The van der Waals surface area contributed by atoms with Gasteiger partial charge in [0.25, 0.3) is 0 Å². The molecule has 0 heterocycles. The van der Waals surface area contributed by atoms with Crippen molar-refractivity contribution >= 4 is 11.9 Å². The highest BCUT2D eigenvalue weighted by Crippen LogP contribution is 2.34. The maximum atomic E-state index is 15.1. The molecule has 3 rings (SSSR count). The number of ether oxygens (including phenoxy) is 4. The third-order valence-electron chi connectivity index (χ3n) is 7.38. The quantitative estimate of drug-likeness (QED) is 0.0546. The van der Waals surface area contributed by atoms with E-state index < -0.39 is 49.4 Å². The number of rotatable bonds is 20. The molecule has 8 nitrogen and oxygen atoms in total. The average molecular weight is 707 g/mol. The van der Waals surface area contributed by atoms with Crippen molar-refractivity contribution in [2.45, 2.75) is 44.7 Å². The van der Waals surface area contributed by atoms with Gasteiger partial charge < -0.3 is 29.2 Å². The maximum Gasteiger partial charge on any atom is 0.389 e. The van der Waals surface area contributed by atoms with Crippen LogP contribution in [0.15, 0.2) is 78.9 Å². The number of aryl methyl sites for hydroxylation is 1. The van der Waals surface area contributed by atoms with Gasteiger partial charge in [-0.05, 0) is 71.3 Å². The standard InChI is InChI=1S/C37H39F5O8/c1-24(22-43)35(45)49-17-15-47-33-12-9-27(20-31(33)38)26-8-11-30(28(19-26)7-5-3-4-6-14-37(40,41)42)29-10-13-34(32(39)21-29)48-16-18-50-36(46)25(2)23-44/h8-13,19-21,43-44H,1-7,14-18,22-23H2. The second-order valence-corrected chi connectivity index (χ2v) is 11.2. The maximum absolute atomic E-state index is 15.1. The molecule has 3 aromatic carbocycles. The van der Waals surface area contributed by atoms with Crippen molar-refractivity contribution < 1.29 is 60.7 Å². The van der Waals surface area contributed by atoms with E-state index in [9.17, 15) is 27.2 Å². The number of halogens is 5. The van der Waals surface area contributed by atoms with E-state index in [1.165, 1.54) is 24.3 Å². The normalized spacial score (nSPS) is 11.2. The molecule has 0 bridgehead atoms. The Balaban J connectivity index is 1.75. The lowest BCUT2D eigenvalue weighted by atomic mass is 9.91. The lowest BCUT2D eigenvalue weighted by molar-refractivity contribution is -0.141. The highest BCUT2D eigenvalue weighted by molar-refractivity contribution is 5.88. The molecular formula is C37H39F5O8. The number of hydrogen-bond acceptors (Lipinski definition) is 8. The molecule has 270 valence electrons. The predicted octanol–water partition coefficient (Wildman–Crippen LogP) is 7.30. The van der Waals surface area contributed by atoms with Gasteiger partial charge in [-0.3, -0.25) is 0 Å². The molecule has 0 aliphatic heterocycles. The molecule has 0 aliphatic carbocycles. The summed E-state index contributed by atoms with van der Waals surface area (Å²) in [5.74, 6) is -3.09. The zero-order valence-corrected chi connectivity index (χ0v) is 27.3. The summed E-state index contributed by atoms with van der Waals surface area (Å²) >= 11 is 0. The van der Waals surface area contributed by atoms with Crippen LogP contribution in [0, 0.1) is 11.6 Å². The summed E-state index contributed by atoms with van der Waals surface area (Å²) in [7, 11) is 0. The first kappa shape index (κ1) is 39.7. The fourth-order valence-electron chi connectivity index (χ4n) is 4.74. The van der Waals surface area contributed by atoms with E-state index in [2.05, 4.69) is 13.2 Å². The summed E-state index contributed by atoms with van der Waals surface area (Å²) in [6.07, 6.45) is -3.08. The van der Waals surface area contributed by atoms with Crippen molar-refractivity contribution in [3.05, 3.63) is 96.1 Å². The van der Waals surface area contributed by atoms with Crippen LogP contribution in [0.4, 0.5) is 22.0 Å². The van der Waals surface area contributed by atoms with Gasteiger partial charge in [-0.2, -0.15) is 13.2 Å². The van der Waals surface area contributed by atoms with Gasteiger partial charge in [0.1, 0.15) is 26.4 Å². The molecule has 50 heavy (non-hydrogen) atoms. The van der Waals surface area contributed by atoms with Crippen LogP contribution in [0.25, 0.3) is 22.3 Å². The van der Waals surface area contributed by atoms with Gasteiger partial charge in [0.05, 0.1) is 24.4 Å². The molecule has 2 N–H and O–H groups in total. The van der Waals surface area contributed by atoms with Crippen molar-refractivity contribution in [3.63, 3.8) is 0 Å². The molecule has 0 radical (unpaired) electrons. The van der Waals surface area contributed by atoms with Crippen LogP contribution in [-0.4, -0.2) is 68.0 Å². The van der Waals surface area contributed by atoms with Crippen molar-refractivity contribution in [1.82, 2.24) is 0 Å². The fraction of sp³-hybridized carbons (Fsp3) is 0.351. The Bertz CT molecular complexity index is 1640. The summed E-state index contributed by atoms with van der Waals surface area (Å²) in [5, 5.41) is 17.8. The van der Waals surface area contributed by atoms with Crippen molar-refractivity contribution in [2.24, 2.45) is 0 Å². The van der Waals surface area contributed by atoms with E-state index in [0.717, 1.165) is 5.56 Å². The largest absolute Gasteiger partial charge is 0.487 e. The van der Waals surface area contributed by atoms with Crippen LogP contribution in [0.1, 0.15) is 37.7 Å².